The van der Waals surface area contributed by atoms with Gasteiger partial charge in [0.1, 0.15) is 0 Å². The number of hydrogen-bond acceptors (Lipinski definition) is 6. The SMILES string of the molecule is CCCCCCC(CC/C(=N/OC(C)=O)c1ccc(Br)cc1)SC(=S)OCC(C)C. The summed E-state index contributed by atoms with van der Waals surface area (Å²) in [5.41, 5.74) is 1.72. The molecule has 7 heteroatoms. The third-order valence-electron chi connectivity index (χ3n) is 4.34. The summed E-state index contributed by atoms with van der Waals surface area (Å²) in [6.45, 7) is 8.46. The molecule has 0 aromatic heterocycles. The number of oxime groups is 1. The number of halogens is 1. The van der Waals surface area contributed by atoms with Crippen molar-refractivity contribution in [3.8, 4) is 0 Å². The maximum Gasteiger partial charge on any atom is 0.331 e. The third-order valence-corrected chi connectivity index (χ3v) is 6.39. The fourth-order valence-electron chi connectivity index (χ4n) is 2.77. The minimum Gasteiger partial charge on any atom is -0.478 e. The van der Waals surface area contributed by atoms with Crippen molar-refractivity contribution in [3.63, 3.8) is 0 Å². The lowest BCUT2D eigenvalue weighted by atomic mass is 10.0. The van der Waals surface area contributed by atoms with Gasteiger partial charge in [-0.1, -0.05) is 91.4 Å². The van der Waals surface area contributed by atoms with Crippen LogP contribution in [0, 0.1) is 5.92 Å². The molecule has 0 radical (unpaired) electrons. The number of thiocarbonyl (C=S) groups is 1. The molecule has 30 heavy (non-hydrogen) atoms. The van der Waals surface area contributed by atoms with Crippen molar-refractivity contribution in [2.75, 3.05) is 6.61 Å². The van der Waals surface area contributed by atoms with Gasteiger partial charge in [-0.3, -0.25) is 0 Å². The molecule has 0 aliphatic carbocycles. The van der Waals surface area contributed by atoms with Gasteiger partial charge in [-0.25, -0.2) is 4.79 Å². The van der Waals surface area contributed by atoms with E-state index in [2.05, 4.69) is 41.9 Å². The average molecular weight is 517 g/mol. The van der Waals surface area contributed by atoms with Crippen LogP contribution < -0.4 is 0 Å². The van der Waals surface area contributed by atoms with Crippen molar-refractivity contribution in [3.05, 3.63) is 34.3 Å². The summed E-state index contributed by atoms with van der Waals surface area (Å²) in [6, 6.07) is 7.88. The van der Waals surface area contributed by atoms with E-state index < -0.39 is 5.97 Å². The fraction of sp³-hybridized carbons (Fsp3) is 0.609. The molecule has 0 amide bonds. The van der Waals surface area contributed by atoms with E-state index in [1.807, 2.05) is 24.3 Å². The molecular formula is C23H34BrNO3S2. The maximum absolute atomic E-state index is 11.3. The highest BCUT2D eigenvalue weighted by Gasteiger charge is 2.16. The van der Waals surface area contributed by atoms with E-state index in [0.29, 0.717) is 28.6 Å². The molecule has 0 heterocycles. The predicted molar refractivity (Wildman–Crippen MR) is 135 cm³/mol. The van der Waals surface area contributed by atoms with Crippen LogP contribution in [-0.4, -0.2) is 27.9 Å². The first kappa shape index (κ1) is 27.1. The number of carbonyl (C=O) groups excluding carboxylic acids is 1. The Kier molecular flexibility index (Phi) is 14.3. The molecule has 1 aromatic carbocycles. The largest absolute Gasteiger partial charge is 0.478 e. The smallest absolute Gasteiger partial charge is 0.331 e. The van der Waals surface area contributed by atoms with E-state index in [-0.39, 0.29) is 0 Å². The van der Waals surface area contributed by atoms with Crippen LogP contribution in [0.1, 0.15) is 78.2 Å². The van der Waals surface area contributed by atoms with E-state index in [0.717, 1.165) is 28.6 Å². The quantitative estimate of drug-likeness (QED) is 0.0892. The third kappa shape index (κ3) is 12.7. The summed E-state index contributed by atoms with van der Waals surface area (Å²) in [5, 5.41) is 4.47. The van der Waals surface area contributed by atoms with Gasteiger partial charge in [0.25, 0.3) is 0 Å². The topological polar surface area (TPSA) is 47.9 Å². The van der Waals surface area contributed by atoms with Gasteiger partial charge in [-0.05, 0) is 55.1 Å². The summed E-state index contributed by atoms with van der Waals surface area (Å²) in [4.78, 5) is 16.2. The van der Waals surface area contributed by atoms with Crippen LogP contribution in [0.15, 0.2) is 33.9 Å². The van der Waals surface area contributed by atoms with Crippen LogP contribution in [0.2, 0.25) is 0 Å². The fourth-order valence-corrected chi connectivity index (χ4v) is 4.44. The highest BCUT2D eigenvalue weighted by atomic mass is 79.9. The summed E-state index contributed by atoms with van der Waals surface area (Å²) in [5.74, 6) is 0.0322. The van der Waals surface area contributed by atoms with Crippen LogP contribution >= 0.6 is 39.9 Å². The molecular weight excluding hydrogens is 482 g/mol. The van der Waals surface area contributed by atoms with Gasteiger partial charge in [0.15, 0.2) is 0 Å². The molecule has 0 spiro atoms. The molecule has 0 saturated carbocycles. The Bertz CT molecular complexity index is 678. The molecule has 0 bridgehead atoms. The molecule has 0 aliphatic heterocycles. The van der Waals surface area contributed by atoms with E-state index in [1.165, 1.54) is 32.6 Å². The van der Waals surface area contributed by atoms with Gasteiger partial charge < -0.3 is 9.57 Å². The highest BCUT2D eigenvalue weighted by molar-refractivity contribution is 9.10. The first-order valence-electron chi connectivity index (χ1n) is 10.7. The van der Waals surface area contributed by atoms with Gasteiger partial charge in [0.2, 0.25) is 4.38 Å². The van der Waals surface area contributed by atoms with Gasteiger partial charge >= 0.3 is 5.97 Å². The minimum absolute atomic E-state index is 0.347. The van der Waals surface area contributed by atoms with Crippen LogP contribution in [0.25, 0.3) is 0 Å². The second-order valence-corrected chi connectivity index (χ2v) is 10.5. The monoisotopic (exact) mass is 515 g/mol. The molecule has 1 aromatic rings. The standard InChI is InChI=1S/C23H34BrNO3S2/c1-5-6-7-8-9-21(30-23(29)27-16-17(2)3)14-15-22(25-28-18(4)26)19-10-12-20(24)13-11-19/h10-13,17,21H,5-9,14-16H2,1-4H3/b25-22-. The van der Waals surface area contributed by atoms with Crippen molar-refractivity contribution in [1.82, 2.24) is 0 Å². The maximum atomic E-state index is 11.3. The molecule has 4 nitrogen and oxygen atoms in total. The molecule has 0 aliphatic rings. The number of nitrogens with zero attached hydrogens (tertiary/aromatic N) is 1. The van der Waals surface area contributed by atoms with Gasteiger partial charge in [0.05, 0.1) is 12.3 Å². The summed E-state index contributed by atoms with van der Waals surface area (Å²) >= 11 is 10.6. The molecule has 1 rings (SSSR count). The van der Waals surface area contributed by atoms with E-state index >= 15 is 0 Å². The number of hydrogen-bond donors (Lipinski definition) is 0. The second kappa shape index (κ2) is 15.8. The number of carbonyl (C=O) groups is 1. The van der Waals surface area contributed by atoms with Crippen LogP contribution in [0.5, 0.6) is 0 Å². The minimum atomic E-state index is -0.418. The first-order chi connectivity index (χ1) is 14.3. The highest BCUT2D eigenvalue weighted by Crippen LogP contribution is 2.26. The number of ether oxygens (including phenoxy) is 1. The average Bonchev–Trinajstić information content (AvgIpc) is 2.70. The van der Waals surface area contributed by atoms with E-state index in [9.17, 15) is 4.79 Å². The second-order valence-electron chi connectivity index (χ2n) is 7.71. The number of rotatable bonds is 13. The van der Waals surface area contributed by atoms with Crippen molar-refractivity contribution < 1.29 is 14.4 Å². The Morgan fingerprint density at radius 2 is 1.87 bits per heavy atom. The number of thioether (sulfide) groups is 1. The molecule has 1 atom stereocenters. The Labute approximate surface area is 199 Å². The summed E-state index contributed by atoms with van der Waals surface area (Å²) < 4.78 is 7.35. The van der Waals surface area contributed by atoms with Gasteiger partial charge in [0, 0.05) is 16.6 Å². The Morgan fingerprint density at radius 3 is 2.47 bits per heavy atom. The van der Waals surface area contributed by atoms with Crippen molar-refractivity contribution in [2.24, 2.45) is 11.1 Å². The number of benzene rings is 1. The van der Waals surface area contributed by atoms with Crippen LogP contribution in [0.3, 0.4) is 0 Å². The Balaban J connectivity index is 2.80. The molecule has 0 fully saturated rings. The zero-order chi connectivity index (χ0) is 22.4. The zero-order valence-corrected chi connectivity index (χ0v) is 21.7. The van der Waals surface area contributed by atoms with Crippen molar-refractivity contribution >= 4 is 56.0 Å². The van der Waals surface area contributed by atoms with E-state index in [4.69, 9.17) is 21.8 Å². The Hall–Kier alpha value is -0.920. The number of unbranched alkanes of at least 4 members (excludes halogenated alkanes) is 3. The van der Waals surface area contributed by atoms with Gasteiger partial charge in [-0.15, -0.1) is 0 Å². The first-order valence-corrected chi connectivity index (χ1v) is 12.7. The Morgan fingerprint density at radius 1 is 1.17 bits per heavy atom. The molecule has 168 valence electrons. The van der Waals surface area contributed by atoms with Crippen LogP contribution in [0.4, 0.5) is 0 Å². The van der Waals surface area contributed by atoms with Crippen molar-refractivity contribution in [1.29, 1.82) is 0 Å². The zero-order valence-electron chi connectivity index (χ0n) is 18.5. The predicted octanol–water partition coefficient (Wildman–Crippen LogP) is 7.53. The molecule has 0 N–H and O–H groups in total. The summed E-state index contributed by atoms with van der Waals surface area (Å²) in [6.07, 6.45) is 7.55. The lowest BCUT2D eigenvalue weighted by Gasteiger charge is -2.18. The van der Waals surface area contributed by atoms with Crippen LogP contribution in [-0.2, 0) is 14.4 Å². The normalized spacial score (nSPS) is 12.7. The van der Waals surface area contributed by atoms with Crippen molar-refractivity contribution in [2.45, 2.75) is 77.9 Å². The molecule has 0 saturated heterocycles. The lowest BCUT2D eigenvalue weighted by molar-refractivity contribution is -0.140. The van der Waals surface area contributed by atoms with E-state index in [1.54, 1.807) is 11.8 Å². The van der Waals surface area contributed by atoms with Gasteiger partial charge in [-0.2, -0.15) is 0 Å². The summed E-state index contributed by atoms with van der Waals surface area (Å²) in [7, 11) is 0. The lowest BCUT2D eigenvalue weighted by Crippen LogP contribution is -2.13. The molecule has 1 unspecified atom stereocenters.